The van der Waals surface area contributed by atoms with Crippen LogP contribution in [0.3, 0.4) is 0 Å². The molecule has 0 aliphatic rings. The van der Waals surface area contributed by atoms with Gasteiger partial charge in [0.05, 0.1) is 15.3 Å². The first kappa shape index (κ1) is 29.8. The third-order valence-corrected chi connectivity index (χ3v) is 0.512. The van der Waals surface area contributed by atoms with Gasteiger partial charge in [-0.2, -0.15) is 0 Å². The second-order valence-corrected chi connectivity index (χ2v) is 1.75. The zero-order chi connectivity index (χ0) is 14.9. The summed E-state index contributed by atoms with van der Waals surface area (Å²) in [5.74, 6) is 0. The zero-order valence-corrected chi connectivity index (χ0v) is 10.3. The average molecular weight is 287 g/mol. The fraction of sp³-hybridized carbons (Fsp3) is 1.00. The van der Waals surface area contributed by atoms with Gasteiger partial charge in [0, 0.05) is 6.61 Å². The molecule has 0 saturated heterocycles. The molecule has 14 heteroatoms. The molecular weight excluding hydrogens is 277 g/mol. The van der Waals surface area contributed by atoms with Crippen molar-refractivity contribution in [3.63, 3.8) is 0 Å². The summed E-state index contributed by atoms with van der Waals surface area (Å²) in [4.78, 5) is 24.8. The van der Waals surface area contributed by atoms with Crippen molar-refractivity contribution in [2.24, 2.45) is 0 Å². The minimum atomic E-state index is -1.75. The predicted octanol–water partition coefficient (Wildman–Crippen LogP) is -0.319. The van der Waals surface area contributed by atoms with E-state index in [1.807, 2.05) is 0 Å². The van der Waals surface area contributed by atoms with Crippen LogP contribution in [0.15, 0.2) is 0 Å². The number of rotatable bonds is 2. The molecule has 1 N–H and O–H groups in total. The van der Waals surface area contributed by atoms with E-state index in [0.29, 0.717) is 6.61 Å². The Hall–Kier alpha value is -1.91. The van der Waals surface area contributed by atoms with Crippen LogP contribution in [0.5, 0.6) is 0 Å². The fourth-order valence-electron chi connectivity index (χ4n) is 0.158. The Kier molecular flexibility index (Phi) is 48.7. The molecule has 0 fully saturated rings. The first-order chi connectivity index (χ1) is 7.61. The molecule has 0 aromatic rings. The third kappa shape index (κ3) is 283000. The minimum Gasteiger partial charge on any atom is -0.396 e. The molecule has 0 radical (unpaired) electrons. The molecule has 0 saturated carbocycles. The molecular formula is C4H10AlN3O10. The van der Waals surface area contributed by atoms with Gasteiger partial charge in [0.2, 0.25) is 0 Å². The molecule has 0 aliphatic heterocycles. The summed E-state index contributed by atoms with van der Waals surface area (Å²) in [6, 6.07) is 0. The molecule has 13 nitrogen and oxygen atoms in total. The van der Waals surface area contributed by atoms with Gasteiger partial charge in [0.25, 0.3) is 0 Å². The standard InChI is InChI=1S/C4H10O.Al.3NO3/c1-2-3-4-5;;3*2-1(3)4/h5H,2-4H2,1H3;;;;/q;+3;3*-1. The van der Waals surface area contributed by atoms with Gasteiger partial charge >= 0.3 is 17.4 Å². The number of nitrogens with zero attached hydrogens (tertiary/aromatic N) is 3. The van der Waals surface area contributed by atoms with Gasteiger partial charge in [-0.05, 0) is 6.42 Å². The predicted molar refractivity (Wildman–Crippen MR) is 58.8 cm³/mol. The Morgan fingerprint density at radius 3 is 1.00 bits per heavy atom. The molecule has 0 heterocycles. The van der Waals surface area contributed by atoms with Crippen LogP contribution < -0.4 is 0 Å². The summed E-state index contributed by atoms with van der Waals surface area (Å²) < 4.78 is 0. The van der Waals surface area contributed by atoms with E-state index in [9.17, 15) is 0 Å². The van der Waals surface area contributed by atoms with Gasteiger partial charge in [-0.1, -0.05) is 13.3 Å². The van der Waals surface area contributed by atoms with E-state index in [-0.39, 0.29) is 17.4 Å². The Bertz CT molecular complexity index is 159. The first-order valence-electron chi connectivity index (χ1n) is 3.67. The van der Waals surface area contributed by atoms with Crippen LogP contribution in [0.25, 0.3) is 0 Å². The Morgan fingerprint density at radius 2 is 1.00 bits per heavy atom. The minimum absolute atomic E-state index is 0. The summed E-state index contributed by atoms with van der Waals surface area (Å²) in [6.45, 7) is 2.40. The molecule has 0 rings (SSSR count). The van der Waals surface area contributed by atoms with E-state index in [1.54, 1.807) is 0 Å². The summed E-state index contributed by atoms with van der Waals surface area (Å²) in [7, 11) is 0. The van der Waals surface area contributed by atoms with Crippen LogP contribution in [0.2, 0.25) is 0 Å². The van der Waals surface area contributed by atoms with Crippen LogP contribution in [-0.4, -0.2) is 44.3 Å². The van der Waals surface area contributed by atoms with Gasteiger partial charge in [-0.3, -0.25) is 0 Å². The molecule has 0 unspecified atom stereocenters. The largest absolute Gasteiger partial charge is 3.00 e. The van der Waals surface area contributed by atoms with Gasteiger partial charge in [-0.15, -0.1) is 0 Å². The maximum Gasteiger partial charge on any atom is 3.00 e. The molecule has 0 aromatic carbocycles. The SMILES string of the molecule is CCCCO.O=[N+]([O-])[O-].O=[N+]([O-])[O-].O=[N+]([O-])[O-].[Al+3]. The number of hydrogen-bond acceptors (Lipinski definition) is 10. The van der Waals surface area contributed by atoms with E-state index in [2.05, 4.69) is 6.92 Å². The maximum absolute atomic E-state index is 8.25. The molecule has 0 amide bonds. The molecule has 18 heavy (non-hydrogen) atoms. The van der Waals surface area contributed by atoms with Gasteiger partial charge in [0.1, 0.15) is 0 Å². The van der Waals surface area contributed by atoms with E-state index in [1.165, 1.54) is 0 Å². The van der Waals surface area contributed by atoms with Crippen LogP contribution >= 0.6 is 0 Å². The molecule has 0 spiro atoms. The summed E-state index contributed by atoms with van der Waals surface area (Å²) >= 11 is 0. The monoisotopic (exact) mass is 287 g/mol. The number of unbranched alkanes of at least 4 members (excludes halogenated alkanes) is 1. The number of hydrogen-bond donors (Lipinski definition) is 1. The average Bonchev–Trinajstić information content (AvgIpc) is 2.01. The van der Waals surface area contributed by atoms with Crippen molar-refractivity contribution in [2.45, 2.75) is 19.8 Å². The van der Waals surface area contributed by atoms with Crippen molar-refractivity contribution in [3.8, 4) is 0 Å². The van der Waals surface area contributed by atoms with Crippen LogP contribution in [0.4, 0.5) is 0 Å². The third-order valence-electron chi connectivity index (χ3n) is 0.512. The second-order valence-electron chi connectivity index (χ2n) is 1.75. The van der Waals surface area contributed by atoms with Crippen molar-refractivity contribution < 1.29 is 20.4 Å². The van der Waals surface area contributed by atoms with Crippen molar-refractivity contribution in [1.29, 1.82) is 0 Å². The summed E-state index contributed by atoms with van der Waals surface area (Å²) in [5, 5.41) is 52.3. The van der Waals surface area contributed by atoms with Gasteiger partial charge in [0.15, 0.2) is 0 Å². The van der Waals surface area contributed by atoms with E-state index in [4.69, 9.17) is 51.1 Å². The van der Waals surface area contributed by atoms with Crippen molar-refractivity contribution in [2.75, 3.05) is 6.61 Å². The molecule has 0 aliphatic carbocycles. The van der Waals surface area contributed by atoms with E-state index < -0.39 is 15.3 Å². The number of aliphatic hydroxyl groups excluding tert-OH is 1. The normalized spacial score (nSPS) is 6.33. The Morgan fingerprint density at radius 1 is 0.833 bits per heavy atom. The van der Waals surface area contributed by atoms with Crippen molar-refractivity contribution in [1.82, 2.24) is 0 Å². The Balaban J connectivity index is -0.0000000412. The van der Waals surface area contributed by atoms with Crippen LogP contribution in [-0.2, 0) is 0 Å². The first-order valence-corrected chi connectivity index (χ1v) is 3.67. The van der Waals surface area contributed by atoms with E-state index >= 15 is 0 Å². The zero-order valence-electron chi connectivity index (χ0n) is 9.16. The smallest absolute Gasteiger partial charge is 0.396 e. The molecule has 0 aromatic heterocycles. The summed E-state index contributed by atoms with van der Waals surface area (Å²) in [6.07, 6.45) is 2.04. The topological polar surface area (TPSA) is 219 Å². The molecule has 104 valence electrons. The maximum atomic E-state index is 8.25. The fourth-order valence-corrected chi connectivity index (χ4v) is 0.158. The van der Waals surface area contributed by atoms with Gasteiger partial charge in [-0.25, -0.2) is 0 Å². The van der Waals surface area contributed by atoms with Crippen LogP contribution in [0, 0.1) is 46.0 Å². The van der Waals surface area contributed by atoms with Crippen LogP contribution in [0.1, 0.15) is 19.8 Å². The molecule has 0 bridgehead atoms. The summed E-state index contributed by atoms with van der Waals surface area (Å²) in [5.41, 5.74) is 0. The number of aliphatic hydroxyl groups is 1. The quantitative estimate of drug-likeness (QED) is 0.395. The van der Waals surface area contributed by atoms with Crippen molar-refractivity contribution >= 4 is 17.4 Å². The molecule has 0 atom stereocenters. The second kappa shape index (κ2) is 29.4. The Labute approximate surface area is 111 Å². The van der Waals surface area contributed by atoms with Gasteiger partial charge < -0.3 is 51.1 Å². The van der Waals surface area contributed by atoms with E-state index in [0.717, 1.165) is 12.8 Å². The van der Waals surface area contributed by atoms with Crippen molar-refractivity contribution in [3.05, 3.63) is 46.0 Å².